The van der Waals surface area contributed by atoms with E-state index >= 15 is 0 Å². The fourth-order valence-electron chi connectivity index (χ4n) is 2.81. The Hall–Kier alpha value is -1.54. The maximum absolute atomic E-state index is 5.62. The highest BCUT2D eigenvalue weighted by Gasteiger charge is 2.48. The normalized spacial score (nSPS) is 22.1. The Kier molecular flexibility index (Phi) is 2.52. The molecule has 2 aromatic rings. The fourth-order valence-corrected chi connectivity index (χ4v) is 2.81. The number of ether oxygens (including phenoxy) is 1. The Bertz CT molecular complexity index is 473. The third kappa shape index (κ3) is 1.60. The van der Waals surface area contributed by atoms with Gasteiger partial charge in [0.2, 0.25) is 0 Å². The van der Waals surface area contributed by atoms with Crippen molar-refractivity contribution in [3.05, 3.63) is 59.9 Å². The van der Waals surface area contributed by atoms with E-state index in [0.717, 1.165) is 13.0 Å². The van der Waals surface area contributed by atoms with E-state index in [1.807, 2.05) is 6.20 Å². The van der Waals surface area contributed by atoms with Gasteiger partial charge in [0.1, 0.15) is 0 Å². The van der Waals surface area contributed by atoms with Gasteiger partial charge in [-0.2, -0.15) is 0 Å². The zero-order valence-corrected chi connectivity index (χ0v) is 10.0. The summed E-state index contributed by atoms with van der Waals surface area (Å²) in [5.74, 6) is 0. The van der Waals surface area contributed by atoms with Crippen molar-refractivity contribution in [2.75, 3.05) is 6.61 Å². The minimum absolute atomic E-state index is 0.00917. The Labute approximate surface area is 102 Å². The number of benzene rings is 1. The molecule has 0 radical (unpaired) electrons. The summed E-state index contributed by atoms with van der Waals surface area (Å²) in [6, 6.07) is 14.9. The summed E-state index contributed by atoms with van der Waals surface area (Å²) >= 11 is 0. The molecule has 2 nitrogen and oxygen atoms in total. The topological polar surface area (TPSA) is 28.3 Å². The van der Waals surface area contributed by atoms with E-state index in [0.29, 0.717) is 6.10 Å². The van der Waals surface area contributed by atoms with Crippen molar-refractivity contribution in [1.29, 1.82) is 0 Å². The smallest absolute Gasteiger partial charge is 0.0961 e. The van der Waals surface area contributed by atoms with Gasteiger partial charge in [-0.05, 0) is 24.1 Å². The first-order valence-corrected chi connectivity index (χ1v) is 6.19. The van der Waals surface area contributed by atoms with Crippen molar-refractivity contribution in [3.63, 3.8) is 0 Å². The first-order valence-electron chi connectivity index (χ1n) is 6.19. The molecule has 1 aliphatic heterocycles. The zero-order valence-electron chi connectivity index (χ0n) is 10.0. The number of epoxide rings is 1. The molecule has 2 atom stereocenters. The number of aromatic nitrogens is 1. The molecule has 0 amide bonds. The van der Waals surface area contributed by atoms with Crippen LogP contribution in [0.4, 0.5) is 0 Å². The lowest BCUT2D eigenvalue weighted by Gasteiger charge is -2.31. The van der Waals surface area contributed by atoms with E-state index in [9.17, 15) is 0 Å². The van der Waals surface area contributed by atoms with Gasteiger partial charge in [0.25, 0.3) is 0 Å². The molecule has 0 saturated carbocycles. The molecule has 1 aromatic carbocycles. The van der Waals surface area contributed by atoms with Crippen molar-refractivity contribution in [1.82, 2.24) is 4.98 Å². The minimum atomic E-state index is -0.00917. The van der Waals surface area contributed by atoms with Crippen LogP contribution in [0.3, 0.4) is 0 Å². The first-order chi connectivity index (χ1) is 8.38. The number of H-pyrrole nitrogens is 1. The monoisotopic (exact) mass is 227 g/mol. The quantitative estimate of drug-likeness (QED) is 0.799. The Balaban J connectivity index is 2.14. The average molecular weight is 227 g/mol. The molecule has 1 aliphatic rings. The maximum atomic E-state index is 5.62. The van der Waals surface area contributed by atoms with Crippen molar-refractivity contribution >= 4 is 0 Å². The number of aromatic amines is 1. The third-order valence-electron chi connectivity index (χ3n) is 3.81. The van der Waals surface area contributed by atoms with E-state index in [1.165, 1.54) is 11.3 Å². The molecule has 17 heavy (non-hydrogen) atoms. The average Bonchev–Trinajstić information content (AvgIpc) is 3.08. The Morgan fingerprint density at radius 2 is 2.00 bits per heavy atom. The maximum Gasteiger partial charge on any atom is 0.0961 e. The second-order valence-electron chi connectivity index (χ2n) is 4.60. The lowest BCUT2D eigenvalue weighted by Crippen LogP contribution is -2.33. The standard InChI is InChI=1S/C15H17NO/c1-2-15(14-11-17-14,13-9-6-10-16-13)12-7-4-3-5-8-12/h3-10,14,16H,2,11H2,1H3. The third-order valence-corrected chi connectivity index (χ3v) is 3.81. The van der Waals surface area contributed by atoms with Gasteiger partial charge in [0.15, 0.2) is 0 Å². The predicted molar refractivity (Wildman–Crippen MR) is 68.0 cm³/mol. The number of hydrogen-bond donors (Lipinski definition) is 1. The second-order valence-corrected chi connectivity index (χ2v) is 4.60. The molecule has 1 N–H and O–H groups in total. The van der Waals surface area contributed by atoms with Crippen LogP contribution in [-0.2, 0) is 10.2 Å². The largest absolute Gasteiger partial charge is 0.372 e. The van der Waals surface area contributed by atoms with Gasteiger partial charge >= 0.3 is 0 Å². The number of hydrogen-bond acceptors (Lipinski definition) is 1. The molecule has 0 spiro atoms. The lowest BCUT2D eigenvalue weighted by atomic mass is 9.73. The van der Waals surface area contributed by atoms with E-state index in [1.54, 1.807) is 0 Å². The van der Waals surface area contributed by atoms with E-state index in [2.05, 4.69) is 54.4 Å². The van der Waals surface area contributed by atoms with Gasteiger partial charge in [-0.25, -0.2) is 0 Å². The number of rotatable bonds is 4. The summed E-state index contributed by atoms with van der Waals surface area (Å²) in [6.45, 7) is 3.09. The summed E-state index contributed by atoms with van der Waals surface area (Å²) in [4.78, 5) is 3.37. The molecule has 0 aliphatic carbocycles. The molecular formula is C15H17NO. The van der Waals surface area contributed by atoms with E-state index < -0.39 is 0 Å². The molecule has 1 saturated heterocycles. The van der Waals surface area contributed by atoms with Gasteiger partial charge in [-0.3, -0.25) is 0 Å². The van der Waals surface area contributed by atoms with Gasteiger partial charge in [-0.15, -0.1) is 0 Å². The lowest BCUT2D eigenvalue weighted by molar-refractivity contribution is 0.309. The summed E-state index contributed by atoms with van der Waals surface area (Å²) in [7, 11) is 0. The minimum Gasteiger partial charge on any atom is -0.372 e. The van der Waals surface area contributed by atoms with Gasteiger partial charge in [-0.1, -0.05) is 37.3 Å². The Morgan fingerprint density at radius 1 is 1.24 bits per heavy atom. The first kappa shape index (κ1) is 10.6. The van der Waals surface area contributed by atoms with Crippen molar-refractivity contribution in [2.24, 2.45) is 0 Å². The molecule has 2 unspecified atom stereocenters. The molecule has 2 heteroatoms. The van der Waals surface area contributed by atoms with E-state index in [4.69, 9.17) is 4.74 Å². The molecule has 88 valence electrons. The van der Waals surface area contributed by atoms with Crippen LogP contribution in [0.15, 0.2) is 48.7 Å². The van der Waals surface area contributed by atoms with Crippen molar-refractivity contribution in [3.8, 4) is 0 Å². The molecular weight excluding hydrogens is 210 g/mol. The van der Waals surface area contributed by atoms with Gasteiger partial charge < -0.3 is 9.72 Å². The highest BCUT2D eigenvalue weighted by atomic mass is 16.6. The van der Waals surface area contributed by atoms with Crippen LogP contribution < -0.4 is 0 Å². The highest BCUT2D eigenvalue weighted by molar-refractivity contribution is 5.39. The Morgan fingerprint density at radius 3 is 2.53 bits per heavy atom. The zero-order chi connectivity index (χ0) is 11.7. The van der Waals surface area contributed by atoms with E-state index in [-0.39, 0.29) is 5.41 Å². The van der Waals surface area contributed by atoms with Crippen LogP contribution in [0.25, 0.3) is 0 Å². The van der Waals surface area contributed by atoms with Crippen LogP contribution in [0, 0.1) is 0 Å². The van der Waals surface area contributed by atoms with Gasteiger partial charge in [0.05, 0.1) is 18.1 Å². The van der Waals surface area contributed by atoms with Gasteiger partial charge in [0, 0.05) is 11.9 Å². The van der Waals surface area contributed by atoms with Crippen LogP contribution in [0.5, 0.6) is 0 Å². The second kappa shape index (κ2) is 4.04. The molecule has 3 rings (SSSR count). The van der Waals surface area contributed by atoms with Crippen LogP contribution in [0.1, 0.15) is 24.6 Å². The highest BCUT2D eigenvalue weighted by Crippen LogP contribution is 2.44. The number of nitrogens with one attached hydrogen (secondary N) is 1. The summed E-state index contributed by atoms with van der Waals surface area (Å²) in [6.07, 6.45) is 3.35. The summed E-state index contributed by atoms with van der Waals surface area (Å²) in [5.41, 5.74) is 2.59. The molecule has 1 aromatic heterocycles. The summed E-state index contributed by atoms with van der Waals surface area (Å²) < 4.78 is 5.62. The fraction of sp³-hybridized carbons (Fsp3) is 0.333. The van der Waals surface area contributed by atoms with Crippen molar-refractivity contribution < 1.29 is 4.74 Å². The van der Waals surface area contributed by atoms with Crippen LogP contribution >= 0.6 is 0 Å². The SMILES string of the molecule is CCC(c1ccccc1)(c1ccc[nH]1)C1CO1. The molecule has 2 heterocycles. The summed E-state index contributed by atoms with van der Waals surface area (Å²) in [5, 5.41) is 0. The van der Waals surface area contributed by atoms with Crippen molar-refractivity contribution in [2.45, 2.75) is 24.9 Å². The van der Waals surface area contributed by atoms with Crippen LogP contribution in [0.2, 0.25) is 0 Å². The predicted octanol–water partition coefficient (Wildman–Crippen LogP) is 3.11. The molecule has 0 bridgehead atoms. The van der Waals surface area contributed by atoms with Crippen LogP contribution in [-0.4, -0.2) is 17.7 Å². The molecule has 1 fully saturated rings.